The predicted molar refractivity (Wildman–Crippen MR) is 64.5 cm³/mol. The summed E-state index contributed by atoms with van der Waals surface area (Å²) in [7, 11) is 3.24. The molecule has 1 aromatic rings. The van der Waals surface area contributed by atoms with Gasteiger partial charge in [0.25, 0.3) is 0 Å². The Balaban J connectivity index is 3.11. The Morgan fingerprint density at radius 2 is 2.06 bits per heavy atom. The number of nitrogens with one attached hydrogen (secondary N) is 1. The summed E-state index contributed by atoms with van der Waals surface area (Å²) in [6.45, 7) is 1.92. The van der Waals surface area contributed by atoms with E-state index in [1.807, 2.05) is 19.1 Å². The minimum Gasteiger partial charge on any atom is -0.496 e. The second-order valence-electron chi connectivity index (χ2n) is 3.47. The van der Waals surface area contributed by atoms with Crippen molar-refractivity contribution in [2.24, 2.45) is 5.84 Å². The number of hydrogen-bond acceptors (Lipinski definition) is 4. The van der Waals surface area contributed by atoms with Crippen molar-refractivity contribution in [2.45, 2.75) is 19.1 Å². The second kappa shape index (κ2) is 6.06. The summed E-state index contributed by atoms with van der Waals surface area (Å²) >= 11 is 5.96. The third-order valence-corrected chi connectivity index (χ3v) is 2.78. The number of benzene rings is 1. The topological polar surface area (TPSA) is 56.5 Å². The van der Waals surface area contributed by atoms with Crippen molar-refractivity contribution >= 4 is 11.6 Å². The molecule has 0 aliphatic rings. The van der Waals surface area contributed by atoms with Gasteiger partial charge in [-0.1, -0.05) is 11.6 Å². The van der Waals surface area contributed by atoms with Crippen molar-refractivity contribution in [1.82, 2.24) is 5.43 Å². The van der Waals surface area contributed by atoms with Crippen molar-refractivity contribution in [3.8, 4) is 5.75 Å². The van der Waals surface area contributed by atoms with E-state index >= 15 is 0 Å². The van der Waals surface area contributed by atoms with Crippen LogP contribution in [0.1, 0.15) is 18.5 Å². The van der Waals surface area contributed by atoms with Crippen molar-refractivity contribution < 1.29 is 9.47 Å². The average molecular weight is 245 g/mol. The zero-order chi connectivity index (χ0) is 12.1. The van der Waals surface area contributed by atoms with Crippen LogP contribution in [0, 0.1) is 0 Å². The van der Waals surface area contributed by atoms with Crippen LogP contribution in [0.4, 0.5) is 0 Å². The summed E-state index contributed by atoms with van der Waals surface area (Å²) < 4.78 is 10.5. The van der Waals surface area contributed by atoms with Gasteiger partial charge in [0.05, 0.1) is 19.3 Å². The molecule has 0 saturated carbocycles. The van der Waals surface area contributed by atoms with Crippen LogP contribution in [-0.4, -0.2) is 20.3 Å². The van der Waals surface area contributed by atoms with Crippen LogP contribution in [0.25, 0.3) is 0 Å². The van der Waals surface area contributed by atoms with Gasteiger partial charge in [0.2, 0.25) is 0 Å². The minimum absolute atomic E-state index is 0.0858. The van der Waals surface area contributed by atoms with E-state index in [4.69, 9.17) is 26.9 Å². The molecule has 90 valence electrons. The number of hydrogen-bond donors (Lipinski definition) is 2. The lowest BCUT2D eigenvalue weighted by molar-refractivity contribution is 0.0822. The Labute approximate surface area is 101 Å². The van der Waals surface area contributed by atoms with Gasteiger partial charge in [-0.15, -0.1) is 0 Å². The van der Waals surface area contributed by atoms with Gasteiger partial charge >= 0.3 is 0 Å². The van der Waals surface area contributed by atoms with E-state index in [0.717, 1.165) is 11.3 Å². The van der Waals surface area contributed by atoms with Gasteiger partial charge in [0, 0.05) is 17.7 Å². The minimum atomic E-state index is -0.168. The third kappa shape index (κ3) is 2.86. The fourth-order valence-electron chi connectivity index (χ4n) is 1.56. The highest BCUT2D eigenvalue weighted by atomic mass is 35.5. The largest absolute Gasteiger partial charge is 0.496 e. The summed E-state index contributed by atoms with van der Waals surface area (Å²) in [6.07, 6.45) is -0.0858. The van der Waals surface area contributed by atoms with E-state index in [2.05, 4.69) is 5.43 Å². The molecule has 0 fully saturated rings. The Hall–Kier alpha value is -0.810. The van der Waals surface area contributed by atoms with Crippen molar-refractivity contribution in [3.05, 3.63) is 28.8 Å². The molecule has 0 heterocycles. The Kier molecular flexibility index (Phi) is 5.02. The second-order valence-corrected chi connectivity index (χ2v) is 3.91. The molecule has 0 aliphatic heterocycles. The molecule has 0 spiro atoms. The maximum absolute atomic E-state index is 5.96. The van der Waals surface area contributed by atoms with Gasteiger partial charge in [0.15, 0.2) is 0 Å². The van der Waals surface area contributed by atoms with Crippen molar-refractivity contribution in [3.63, 3.8) is 0 Å². The van der Waals surface area contributed by atoms with Crippen LogP contribution < -0.4 is 16.0 Å². The molecular weight excluding hydrogens is 228 g/mol. The van der Waals surface area contributed by atoms with Gasteiger partial charge in [-0.25, -0.2) is 0 Å². The van der Waals surface area contributed by atoms with E-state index in [-0.39, 0.29) is 12.1 Å². The molecule has 0 radical (unpaired) electrons. The van der Waals surface area contributed by atoms with Crippen molar-refractivity contribution in [2.75, 3.05) is 14.2 Å². The summed E-state index contributed by atoms with van der Waals surface area (Å²) in [5.41, 5.74) is 3.59. The Morgan fingerprint density at radius 3 is 2.56 bits per heavy atom. The zero-order valence-corrected chi connectivity index (χ0v) is 10.4. The number of rotatable bonds is 5. The maximum Gasteiger partial charge on any atom is 0.123 e. The van der Waals surface area contributed by atoms with E-state index < -0.39 is 0 Å². The van der Waals surface area contributed by atoms with E-state index in [0.29, 0.717) is 5.02 Å². The first-order valence-electron chi connectivity index (χ1n) is 4.96. The molecule has 0 aromatic heterocycles. The fraction of sp³-hybridized carbons (Fsp3) is 0.455. The lowest BCUT2D eigenvalue weighted by Gasteiger charge is -2.24. The number of nitrogens with two attached hydrogens (primary N) is 1. The normalized spacial score (nSPS) is 14.6. The van der Waals surface area contributed by atoms with Crippen LogP contribution in [-0.2, 0) is 4.74 Å². The lowest BCUT2D eigenvalue weighted by atomic mass is 10.0. The molecule has 1 rings (SSSR count). The van der Waals surface area contributed by atoms with Crippen LogP contribution in [0.15, 0.2) is 18.2 Å². The van der Waals surface area contributed by atoms with Gasteiger partial charge in [-0.3, -0.25) is 11.3 Å². The molecule has 16 heavy (non-hydrogen) atoms. The number of methoxy groups -OCH3 is 2. The van der Waals surface area contributed by atoms with Gasteiger partial charge in [-0.05, 0) is 25.1 Å². The molecule has 0 amide bonds. The van der Waals surface area contributed by atoms with Crippen LogP contribution in [0.3, 0.4) is 0 Å². The lowest BCUT2D eigenvalue weighted by Crippen LogP contribution is -2.36. The maximum atomic E-state index is 5.96. The first-order chi connectivity index (χ1) is 7.63. The Bertz CT molecular complexity index is 347. The van der Waals surface area contributed by atoms with Crippen LogP contribution in [0.5, 0.6) is 5.75 Å². The van der Waals surface area contributed by atoms with Crippen molar-refractivity contribution in [1.29, 1.82) is 0 Å². The standard InChI is InChI=1S/C11H17ClN2O2/c1-7(15-2)11(14-13)9-6-8(12)4-5-10(9)16-3/h4-7,11,14H,13H2,1-3H3. The molecule has 2 unspecified atom stereocenters. The monoisotopic (exact) mass is 244 g/mol. The molecule has 2 atom stereocenters. The molecular formula is C11H17ClN2O2. The first kappa shape index (κ1) is 13.3. The van der Waals surface area contributed by atoms with Crippen LogP contribution in [0.2, 0.25) is 5.02 Å². The number of halogens is 1. The number of hydrazine groups is 1. The SMILES string of the molecule is COc1ccc(Cl)cc1C(NN)C(C)OC. The molecule has 4 nitrogen and oxygen atoms in total. The van der Waals surface area contributed by atoms with E-state index in [1.54, 1.807) is 20.3 Å². The molecule has 3 N–H and O–H groups in total. The summed E-state index contributed by atoms with van der Waals surface area (Å²) in [5, 5.41) is 0.638. The Morgan fingerprint density at radius 1 is 1.38 bits per heavy atom. The van der Waals surface area contributed by atoms with Gasteiger partial charge in [-0.2, -0.15) is 0 Å². The molecule has 0 saturated heterocycles. The van der Waals surface area contributed by atoms with Crippen LogP contribution >= 0.6 is 11.6 Å². The summed E-state index contributed by atoms with van der Waals surface area (Å²) in [4.78, 5) is 0. The number of ether oxygens (including phenoxy) is 2. The first-order valence-corrected chi connectivity index (χ1v) is 5.34. The average Bonchev–Trinajstić information content (AvgIpc) is 2.30. The quantitative estimate of drug-likeness (QED) is 0.614. The summed E-state index contributed by atoms with van der Waals surface area (Å²) in [6, 6.07) is 5.23. The highest BCUT2D eigenvalue weighted by Crippen LogP contribution is 2.30. The molecule has 1 aromatic carbocycles. The van der Waals surface area contributed by atoms with E-state index in [1.165, 1.54) is 0 Å². The highest BCUT2D eigenvalue weighted by molar-refractivity contribution is 6.30. The molecule has 0 aliphatic carbocycles. The highest BCUT2D eigenvalue weighted by Gasteiger charge is 2.21. The third-order valence-electron chi connectivity index (χ3n) is 2.55. The fourth-order valence-corrected chi connectivity index (χ4v) is 1.74. The van der Waals surface area contributed by atoms with E-state index in [9.17, 15) is 0 Å². The zero-order valence-electron chi connectivity index (χ0n) is 9.66. The van der Waals surface area contributed by atoms with Gasteiger partial charge in [0.1, 0.15) is 5.75 Å². The molecule has 0 bridgehead atoms. The summed E-state index contributed by atoms with van der Waals surface area (Å²) in [5.74, 6) is 6.26. The smallest absolute Gasteiger partial charge is 0.123 e. The van der Waals surface area contributed by atoms with Gasteiger partial charge < -0.3 is 9.47 Å². The predicted octanol–water partition coefficient (Wildman–Crippen LogP) is 1.89. The molecule has 5 heteroatoms.